The monoisotopic (exact) mass is 278 g/mol. The van der Waals surface area contributed by atoms with Gasteiger partial charge in [-0.1, -0.05) is 11.6 Å². The van der Waals surface area contributed by atoms with Crippen molar-refractivity contribution >= 4 is 23.3 Å². The summed E-state index contributed by atoms with van der Waals surface area (Å²) in [6.07, 6.45) is 0. The molecule has 0 atom stereocenters. The largest absolute Gasteiger partial charge is 0.464 e. The minimum atomic E-state index is -0.555. The number of aromatic nitrogens is 1. The molecular formula is C13H11ClN2O3. The van der Waals surface area contributed by atoms with E-state index in [1.54, 1.807) is 24.3 Å². The summed E-state index contributed by atoms with van der Waals surface area (Å²) in [5.74, 6) is 0.108. The molecule has 0 aliphatic carbocycles. The Kier molecular flexibility index (Phi) is 3.87. The van der Waals surface area contributed by atoms with E-state index in [1.807, 2.05) is 0 Å². The Morgan fingerprint density at radius 3 is 2.53 bits per heavy atom. The highest BCUT2D eigenvalue weighted by Gasteiger charge is 2.11. The SMILES string of the molecule is COC(=O)c1ccc(N)c(Oc2ccc(Cl)cc2)n1. The summed E-state index contributed by atoms with van der Waals surface area (Å²) < 4.78 is 10.1. The number of benzene rings is 1. The zero-order valence-corrected chi connectivity index (χ0v) is 10.8. The fraction of sp³-hybridized carbons (Fsp3) is 0.0769. The van der Waals surface area contributed by atoms with Crippen molar-refractivity contribution in [1.29, 1.82) is 0 Å². The van der Waals surface area contributed by atoms with Crippen LogP contribution in [0.2, 0.25) is 5.02 Å². The number of hydrogen-bond donors (Lipinski definition) is 1. The van der Waals surface area contributed by atoms with Crippen LogP contribution in [0.25, 0.3) is 0 Å². The topological polar surface area (TPSA) is 74.4 Å². The number of rotatable bonds is 3. The molecule has 1 aromatic carbocycles. The molecule has 0 saturated carbocycles. The van der Waals surface area contributed by atoms with Crippen LogP contribution >= 0.6 is 11.6 Å². The third-order valence-electron chi connectivity index (χ3n) is 2.31. The van der Waals surface area contributed by atoms with E-state index in [1.165, 1.54) is 19.2 Å². The third kappa shape index (κ3) is 3.14. The Hall–Kier alpha value is -2.27. The van der Waals surface area contributed by atoms with E-state index in [-0.39, 0.29) is 11.6 Å². The minimum absolute atomic E-state index is 0.126. The molecule has 0 amide bonds. The first kappa shape index (κ1) is 13.2. The number of nitrogens with two attached hydrogens (primary N) is 1. The molecule has 6 heteroatoms. The summed E-state index contributed by atoms with van der Waals surface area (Å²) in [7, 11) is 1.28. The number of ether oxygens (including phenoxy) is 2. The van der Waals surface area contributed by atoms with E-state index in [9.17, 15) is 4.79 Å². The average molecular weight is 279 g/mol. The quantitative estimate of drug-likeness (QED) is 0.874. The molecule has 0 bridgehead atoms. The van der Waals surface area contributed by atoms with Crippen molar-refractivity contribution in [3.63, 3.8) is 0 Å². The van der Waals surface area contributed by atoms with E-state index in [2.05, 4.69) is 9.72 Å². The lowest BCUT2D eigenvalue weighted by atomic mass is 10.3. The molecule has 2 aromatic rings. The second kappa shape index (κ2) is 5.58. The van der Waals surface area contributed by atoms with Gasteiger partial charge >= 0.3 is 5.97 Å². The first-order valence-corrected chi connectivity index (χ1v) is 5.76. The van der Waals surface area contributed by atoms with Gasteiger partial charge in [-0.05, 0) is 36.4 Å². The van der Waals surface area contributed by atoms with Gasteiger partial charge in [-0.3, -0.25) is 0 Å². The van der Waals surface area contributed by atoms with Gasteiger partial charge in [0, 0.05) is 5.02 Å². The maximum atomic E-state index is 11.4. The first-order valence-electron chi connectivity index (χ1n) is 5.38. The van der Waals surface area contributed by atoms with Crippen molar-refractivity contribution in [1.82, 2.24) is 4.98 Å². The van der Waals surface area contributed by atoms with Crippen LogP contribution in [0, 0.1) is 0 Å². The fourth-order valence-electron chi connectivity index (χ4n) is 1.37. The highest BCUT2D eigenvalue weighted by Crippen LogP contribution is 2.26. The summed E-state index contributed by atoms with van der Waals surface area (Å²) in [5, 5.41) is 0.594. The lowest BCUT2D eigenvalue weighted by Gasteiger charge is -2.08. The molecule has 0 fully saturated rings. The van der Waals surface area contributed by atoms with Crippen LogP contribution in [0.3, 0.4) is 0 Å². The molecule has 2 rings (SSSR count). The van der Waals surface area contributed by atoms with Gasteiger partial charge in [0.25, 0.3) is 0 Å². The second-order valence-electron chi connectivity index (χ2n) is 3.64. The Morgan fingerprint density at radius 2 is 1.89 bits per heavy atom. The molecule has 0 saturated heterocycles. The zero-order chi connectivity index (χ0) is 13.8. The molecule has 1 heterocycles. The number of carbonyl (C=O) groups is 1. The van der Waals surface area contributed by atoms with Crippen molar-refractivity contribution < 1.29 is 14.3 Å². The summed E-state index contributed by atoms with van der Waals surface area (Å²) in [6, 6.07) is 9.71. The van der Waals surface area contributed by atoms with E-state index >= 15 is 0 Å². The Balaban J connectivity index is 2.28. The predicted molar refractivity (Wildman–Crippen MR) is 71.5 cm³/mol. The molecule has 0 aliphatic rings. The number of nitrogen functional groups attached to an aromatic ring is 1. The molecule has 19 heavy (non-hydrogen) atoms. The number of anilines is 1. The van der Waals surface area contributed by atoms with Gasteiger partial charge < -0.3 is 15.2 Å². The molecule has 2 N–H and O–H groups in total. The maximum absolute atomic E-state index is 11.4. The van der Waals surface area contributed by atoms with Crippen LogP contribution in [0.1, 0.15) is 10.5 Å². The zero-order valence-electron chi connectivity index (χ0n) is 10.1. The molecule has 5 nitrogen and oxygen atoms in total. The van der Waals surface area contributed by atoms with E-state index in [4.69, 9.17) is 22.1 Å². The van der Waals surface area contributed by atoms with Gasteiger partial charge in [0.05, 0.1) is 12.8 Å². The van der Waals surface area contributed by atoms with Gasteiger partial charge in [0.1, 0.15) is 5.75 Å². The number of hydrogen-bond acceptors (Lipinski definition) is 5. The third-order valence-corrected chi connectivity index (χ3v) is 2.56. The normalized spacial score (nSPS) is 10.0. The molecule has 98 valence electrons. The Morgan fingerprint density at radius 1 is 1.21 bits per heavy atom. The smallest absolute Gasteiger partial charge is 0.356 e. The Bertz CT molecular complexity index is 599. The fourth-order valence-corrected chi connectivity index (χ4v) is 1.49. The van der Waals surface area contributed by atoms with E-state index < -0.39 is 5.97 Å². The van der Waals surface area contributed by atoms with Crippen molar-refractivity contribution in [3.05, 3.63) is 47.1 Å². The van der Waals surface area contributed by atoms with Crippen molar-refractivity contribution in [2.75, 3.05) is 12.8 Å². The van der Waals surface area contributed by atoms with Gasteiger partial charge in [-0.2, -0.15) is 0 Å². The van der Waals surface area contributed by atoms with E-state index in [0.29, 0.717) is 16.5 Å². The van der Waals surface area contributed by atoms with Gasteiger partial charge in [-0.15, -0.1) is 0 Å². The van der Waals surface area contributed by atoms with Gasteiger partial charge in [-0.25, -0.2) is 9.78 Å². The van der Waals surface area contributed by atoms with Crippen LogP contribution in [-0.4, -0.2) is 18.1 Å². The first-order chi connectivity index (χ1) is 9.10. The standard InChI is InChI=1S/C13H11ClN2O3/c1-18-13(17)11-7-6-10(15)12(16-11)19-9-4-2-8(14)3-5-9/h2-7H,15H2,1H3. The van der Waals surface area contributed by atoms with Crippen LogP contribution in [0.5, 0.6) is 11.6 Å². The number of methoxy groups -OCH3 is 1. The molecule has 0 spiro atoms. The number of esters is 1. The number of halogens is 1. The Labute approximate surface area is 114 Å². The molecule has 1 aromatic heterocycles. The second-order valence-corrected chi connectivity index (χ2v) is 4.07. The van der Waals surface area contributed by atoms with Crippen LogP contribution in [0.4, 0.5) is 5.69 Å². The molecule has 0 aliphatic heterocycles. The summed E-state index contributed by atoms with van der Waals surface area (Å²) in [4.78, 5) is 15.4. The highest BCUT2D eigenvalue weighted by molar-refractivity contribution is 6.30. The molecule has 0 radical (unpaired) electrons. The molecule has 0 unspecified atom stereocenters. The van der Waals surface area contributed by atoms with E-state index in [0.717, 1.165) is 0 Å². The van der Waals surface area contributed by atoms with Crippen molar-refractivity contribution in [2.45, 2.75) is 0 Å². The van der Waals surface area contributed by atoms with Gasteiger partial charge in [0.2, 0.25) is 5.88 Å². The lowest BCUT2D eigenvalue weighted by molar-refractivity contribution is 0.0593. The summed E-state index contributed by atoms with van der Waals surface area (Å²) in [5.41, 5.74) is 6.19. The summed E-state index contributed by atoms with van der Waals surface area (Å²) in [6.45, 7) is 0. The van der Waals surface area contributed by atoms with Crippen molar-refractivity contribution in [3.8, 4) is 11.6 Å². The maximum Gasteiger partial charge on any atom is 0.356 e. The minimum Gasteiger partial charge on any atom is -0.464 e. The predicted octanol–water partition coefficient (Wildman–Crippen LogP) is 2.90. The molecular weight excluding hydrogens is 268 g/mol. The highest BCUT2D eigenvalue weighted by atomic mass is 35.5. The van der Waals surface area contributed by atoms with Crippen molar-refractivity contribution in [2.24, 2.45) is 0 Å². The number of nitrogens with zero attached hydrogens (tertiary/aromatic N) is 1. The van der Waals surface area contributed by atoms with Crippen LogP contribution < -0.4 is 10.5 Å². The summed E-state index contributed by atoms with van der Waals surface area (Å²) >= 11 is 5.77. The lowest BCUT2D eigenvalue weighted by Crippen LogP contribution is -2.06. The van der Waals surface area contributed by atoms with Crippen LogP contribution in [0.15, 0.2) is 36.4 Å². The van der Waals surface area contributed by atoms with Crippen LogP contribution in [-0.2, 0) is 4.74 Å². The number of pyridine rings is 1. The van der Waals surface area contributed by atoms with Gasteiger partial charge in [0.15, 0.2) is 5.69 Å². The number of carbonyl (C=O) groups excluding carboxylic acids is 1. The average Bonchev–Trinajstić information content (AvgIpc) is 2.43.